The van der Waals surface area contributed by atoms with Crippen LogP contribution in [0.15, 0.2) is 11.2 Å². The van der Waals surface area contributed by atoms with Crippen molar-refractivity contribution in [2.24, 2.45) is 0 Å². The second kappa shape index (κ2) is 12.0. The first-order valence-electron chi connectivity index (χ1n) is 7.70. The maximum absolute atomic E-state index is 4.50. The summed E-state index contributed by atoms with van der Waals surface area (Å²) in [5.74, 6) is 3.12. The van der Waals surface area contributed by atoms with Crippen LogP contribution in [0.3, 0.4) is 0 Å². The van der Waals surface area contributed by atoms with Crippen molar-refractivity contribution in [1.29, 1.82) is 0 Å². The molecule has 21 heavy (non-hydrogen) atoms. The second-order valence-electron chi connectivity index (χ2n) is 4.89. The van der Waals surface area contributed by atoms with E-state index in [-0.39, 0.29) is 0 Å². The molecule has 2 N–H and O–H groups in total. The van der Waals surface area contributed by atoms with Crippen LogP contribution in [0.2, 0.25) is 0 Å². The van der Waals surface area contributed by atoms with Gasteiger partial charge in [-0.15, -0.1) is 0 Å². The van der Waals surface area contributed by atoms with Gasteiger partial charge in [0, 0.05) is 19.2 Å². The van der Waals surface area contributed by atoms with Crippen molar-refractivity contribution in [1.82, 2.24) is 9.97 Å². The summed E-state index contributed by atoms with van der Waals surface area (Å²) < 4.78 is 0. The number of anilines is 2. The molecule has 0 aliphatic carbocycles. The predicted molar refractivity (Wildman–Crippen MR) is 97.9 cm³/mol. The Hall–Kier alpha value is -0.620. The number of nitrogens with zero attached hydrogens (tertiary/aromatic N) is 2. The van der Waals surface area contributed by atoms with E-state index in [2.05, 4.69) is 33.8 Å². The van der Waals surface area contributed by atoms with Gasteiger partial charge in [0.25, 0.3) is 0 Å². The monoisotopic (exact) mass is 328 g/mol. The molecule has 1 heterocycles. The fourth-order valence-electron chi connectivity index (χ4n) is 1.89. The third-order valence-corrected chi connectivity index (χ3v) is 4.27. The number of rotatable bonds is 12. The van der Waals surface area contributed by atoms with Crippen LogP contribution in [0, 0.1) is 0 Å². The van der Waals surface area contributed by atoms with Crippen molar-refractivity contribution in [3.63, 3.8) is 0 Å². The summed E-state index contributed by atoms with van der Waals surface area (Å²) in [6, 6.07) is 2.00. The highest BCUT2D eigenvalue weighted by atomic mass is 32.2. The van der Waals surface area contributed by atoms with Gasteiger partial charge in [0.2, 0.25) is 0 Å². The van der Waals surface area contributed by atoms with E-state index in [1.165, 1.54) is 31.4 Å². The highest BCUT2D eigenvalue weighted by molar-refractivity contribution is 7.98. The van der Waals surface area contributed by atoms with Gasteiger partial charge in [0.1, 0.15) is 11.6 Å². The standard InChI is InChI=1S/C15H28N4S2/c1-4-9-16-13-12-14(19-15(18-13)21-3)17-10-7-5-6-8-11-20-2/h12H,4-11H2,1-3H3,(H2,16,17,18,19). The molecule has 0 fully saturated rings. The minimum atomic E-state index is 0.818. The van der Waals surface area contributed by atoms with E-state index in [0.717, 1.165) is 36.3 Å². The van der Waals surface area contributed by atoms with Crippen LogP contribution in [-0.2, 0) is 0 Å². The summed E-state index contributed by atoms with van der Waals surface area (Å²) >= 11 is 3.51. The van der Waals surface area contributed by atoms with Gasteiger partial charge in [-0.1, -0.05) is 31.5 Å². The van der Waals surface area contributed by atoms with Gasteiger partial charge < -0.3 is 10.6 Å². The molecule has 0 aliphatic rings. The first-order valence-corrected chi connectivity index (χ1v) is 10.3. The van der Waals surface area contributed by atoms with Crippen LogP contribution in [0.1, 0.15) is 39.0 Å². The van der Waals surface area contributed by atoms with Crippen LogP contribution >= 0.6 is 23.5 Å². The SMILES string of the molecule is CCCNc1cc(NCCCCCCSC)nc(SC)n1. The zero-order valence-corrected chi connectivity index (χ0v) is 15.1. The van der Waals surface area contributed by atoms with Gasteiger partial charge in [0.05, 0.1) is 0 Å². The first-order chi connectivity index (χ1) is 10.3. The molecule has 0 amide bonds. The van der Waals surface area contributed by atoms with Gasteiger partial charge >= 0.3 is 0 Å². The van der Waals surface area contributed by atoms with Crippen molar-refractivity contribution >= 4 is 35.2 Å². The lowest BCUT2D eigenvalue weighted by atomic mass is 10.2. The maximum Gasteiger partial charge on any atom is 0.191 e. The van der Waals surface area contributed by atoms with E-state index in [4.69, 9.17) is 0 Å². The number of aromatic nitrogens is 2. The summed E-state index contributed by atoms with van der Waals surface area (Å²) in [5.41, 5.74) is 0. The van der Waals surface area contributed by atoms with Gasteiger partial charge in [-0.2, -0.15) is 11.8 Å². The van der Waals surface area contributed by atoms with Crippen molar-refractivity contribution in [2.45, 2.75) is 44.2 Å². The molecule has 1 aromatic rings. The third kappa shape index (κ3) is 8.41. The molecule has 0 aromatic carbocycles. The summed E-state index contributed by atoms with van der Waals surface area (Å²) in [7, 11) is 0. The van der Waals surface area contributed by atoms with Gasteiger partial charge in [0.15, 0.2) is 5.16 Å². The Bertz CT molecular complexity index is 388. The van der Waals surface area contributed by atoms with Crippen LogP contribution in [0.5, 0.6) is 0 Å². The Morgan fingerprint density at radius 3 is 2.24 bits per heavy atom. The molecule has 0 aliphatic heterocycles. The normalized spacial score (nSPS) is 10.6. The largest absolute Gasteiger partial charge is 0.370 e. The maximum atomic E-state index is 4.50. The minimum absolute atomic E-state index is 0.818. The van der Waals surface area contributed by atoms with Crippen LogP contribution < -0.4 is 10.6 Å². The molecule has 0 unspecified atom stereocenters. The van der Waals surface area contributed by atoms with Crippen molar-refractivity contribution in [3.8, 4) is 0 Å². The predicted octanol–water partition coefficient (Wildman–Crippen LogP) is 4.36. The number of nitrogens with one attached hydrogen (secondary N) is 2. The Morgan fingerprint density at radius 2 is 1.62 bits per heavy atom. The second-order valence-corrected chi connectivity index (χ2v) is 6.64. The lowest BCUT2D eigenvalue weighted by Gasteiger charge is -2.10. The molecular weight excluding hydrogens is 300 g/mol. The molecule has 0 atom stereocenters. The Morgan fingerprint density at radius 1 is 0.952 bits per heavy atom. The fraction of sp³-hybridized carbons (Fsp3) is 0.733. The molecule has 1 aromatic heterocycles. The molecule has 6 heteroatoms. The lowest BCUT2D eigenvalue weighted by molar-refractivity contribution is 0.688. The molecule has 0 bridgehead atoms. The third-order valence-electron chi connectivity index (χ3n) is 3.03. The minimum Gasteiger partial charge on any atom is -0.370 e. The van der Waals surface area contributed by atoms with E-state index < -0.39 is 0 Å². The quantitative estimate of drug-likeness (QED) is 0.338. The molecule has 4 nitrogen and oxygen atoms in total. The van der Waals surface area contributed by atoms with E-state index in [9.17, 15) is 0 Å². The topological polar surface area (TPSA) is 49.8 Å². The number of hydrogen-bond acceptors (Lipinski definition) is 6. The molecule has 0 radical (unpaired) electrons. The average molecular weight is 329 g/mol. The van der Waals surface area contributed by atoms with E-state index in [0.29, 0.717) is 0 Å². The molecule has 0 spiro atoms. The van der Waals surface area contributed by atoms with Crippen LogP contribution in [0.25, 0.3) is 0 Å². The van der Waals surface area contributed by atoms with E-state index >= 15 is 0 Å². The van der Waals surface area contributed by atoms with Gasteiger partial charge in [-0.05, 0) is 37.5 Å². The van der Waals surface area contributed by atoms with Crippen molar-refractivity contribution < 1.29 is 0 Å². The molecule has 0 saturated heterocycles. The number of thioether (sulfide) groups is 2. The summed E-state index contributed by atoms with van der Waals surface area (Å²) in [4.78, 5) is 8.97. The van der Waals surface area contributed by atoms with E-state index in [1.54, 1.807) is 11.8 Å². The highest BCUT2D eigenvalue weighted by Gasteiger charge is 2.03. The zero-order chi connectivity index (χ0) is 15.3. The average Bonchev–Trinajstić information content (AvgIpc) is 2.51. The zero-order valence-electron chi connectivity index (χ0n) is 13.4. The van der Waals surface area contributed by atoms with Gasteiger partial charge in [-0.25, -0.2) is 9.97 Å². The van der Waals surface area contributed by atoms with E-state index in [1.807, 2.05) is 24.1 Å². The Balaban J connectivity index is 2.35. The Kier molecular flexibility index (Phi) is 10.5. The van der Waals surface area contributed by atoms with Crippen molar-refractivity contribution in [2.75, 3.05) is 42.0 Å². The first kappa shape index (κ1) is 18.4. The molecule has 0 saturated carbocycles. The van der Waals surface area contributed by atoms with Crippen molar-refractivity contribution in [3.05, 3.63) is 6.07 Å². The smallest absolute Gasteiger partial charge is 0.191 e. The number of unbranched alkanes of at least 4 members (excludes halogenated alkanes) is 3. The summed E-state index contributed by atoms with van der Waals surface area (Å²) in [6.45, 7) is 4.08. The van der Waals surface area contributed by atoms with Crippen LogP contribution in [0.4, 0.5) is 11.6 Å². The molecular formula is C15H28N4S2. The summed E-state index contributed by atoms with van der Waals surface area (Å²) in [5, 5.41) is 7.56. The molecule has 120 valence electrons. The highest BCUT2D eigenvalue weighted by Crippen LogP contribution is 2.17. The Labute approximate surface area is 137 Å². The fourth-order valence-corrected chi connectivity index (χ4v) is 2.76. The number of hydrogen-bond donors (Lipinski definition) is 2. The van der Waals surface area contributed by atoms with Gasteiger partial charge in [-0.3, -0.25) is 0 Å². The summed E-state index contributed by atoms with van der Waals surface area (Å²) in [6.07, 6.45) is 10.4. The van der Waals surface area contributed by atoms with Crippen LogP contribution in [-0.4, -0.2) is 41.3 Å². The lowest BCUT2D eigenvalue weighted by Crippen LogP contribution is -2.08. The molecule has 1 rings (SSSR count).